The zero-order valence-corrected chi connectivity index (χ0v) is 20.3. The number of nitrogens with zero attached hydrogens (tertiary/aromatic N) is 2. The lowest BCUT2D eigenvalue weighted by Crippen LogP contribution is -2.23. The summed E-state index contributed by atoms with van der Waals surface area (Å²) < 4.78 is 41.1. The molecule has 0 bridgehead atoms. The molecule has 0 aliphatic heterocycles. The van der Waals surface area contributed by atoms with Crippen LogP contribution in [-0.2, 0) is 16.8 Å². The van der Waals surface area contributed by atoms with E-state index >= 15 is 0 Å². The molecule has 0 saturated heterocycles. The average Bonchev–Trinajstić information content (AvgIpc) is 2.91. The summed E-state index contributed by atoms with van der Waals surface area (Å²) in [5.74, 6) is 0.914. The molecule has 0 radical (unpaired) electrons. The maximum absolute atomic E-state index is 13.7. The normalized spacial score (nSPS) is 11.7. The highest BCUT2D eigenvalue weighted by molar-refractivity contribution is 7.78. The van der Waals surface area contributed by atoms with Gasteiger partial charge in [0, 0.05) is 5.56 Å². The van der Waals surface area contributed by atoms with E-state index in [0.29, 0.717) is 45.0 Å². The van der Waals surface area contributed by atoms with Crippen molar-refractivity contribution < 1.29 is 17.9 Å². The molecule has 1 unspecified atom stereocenters. The fourth-order valence-corrected chi connectivity index (χ4v) is 4.43. The average molecular weight is 513 g/mol. The highest BCUT2D eigenvalue weighted by Gasteiger charge is 2.17. The van der Waals surface area contributed by atoms with E-state index in [1.807, 2.05) is 30.3 Å². The summed E-state index contributed by atoms with van der Waals surface area (Å²) in [7, 11) is 0. The zero-order chi connectivity index (χ0) is 25.8. The third kappa shape index (κ3) is 5.55. The van der Waals surface area contributed by atoms with Crippen molar-refractivity contribution in [1.29, 1.82) is 0 Å². The summed E-state index contributed by atoms with van der Waals surface area (Å²) in [6.07, 6.45) is 1.59. The van der Waals surface area contributed by atoms with Gasteiger partial charge in [-0.25, -0.2) is 8.60 Å². The molecule has 0 aliphatic rings. The molecule has 0 amide bonds. The van der Waals surface area contributed by atoms with Crippen LogP contribution in [0.1, 0.15) is 5.56 Å². The molecule has 8 heteroatoms. The van der Waals surface area contributed by atoms with E-state index < -0.39 is 16.9 Å². The molecule has 0 saturated carbocycles. The quantitative estimate of drug-likeness (QED) is 0.262. The van der Waals surface area contributed by atoms with Gasteiger partial charge in [-0.1, -0.05) is 54.6 Å². The Hall–Kier alpha value is -4.40. The first-order valence-corrected chi connectivity index (χ1v) is 12.6. The molecule has 184 valence electrons. The van der Waals surface area contributed by atoms with Crippen molar-refractivity contribution in [3.05, 3.63) is 131 Å². The lowest BCUT2D eigenvalue weighted by molar-refractivity contribution is 0.482. The smallest absolute Gasteiger partial charge is 0.279 e. The van der Waals surface area contributed by atoms with Crippen LogP contribution >= 0.6 is 0 Å². The van der Waals surface area contributed by atoms with Gasteiger partial charge in [0.05, 0.1) is 23.2 Å². The molecule has 1 aromatic heterocycles. The van der Waals surface area contributed by atoms with Gasteiger partial charge in [-0.3, -0.25) is 4.79 Å². The maximum Gasteiger partial charge on any atom is 0.279 e. The molecule has 0 aliphatic carbocycles. The maximum atomic E-state index is 13.7. The van der Waals surface area contributed by atoms with E-state index in [-0.39, 0.29) is 11.3 Å². The Labute approximate surface area is 214 Å². The second-order valence-electron chi connectivity index (χ2n) is 8.23. The van der Waals surface area contributed by atoms with Crippen molar-refractivity contribution in [3.63, 3.8) is 0 Å². The van der Waals surface area contributed by atoms with Crippen molar-refractivity contribution in [2.45, 2.75) is 5.75 Å². The lowest BCUT2D eigenvalue weighted by Gasteiger charge is -2.14. The number of benzene rings is 4. The third-order valence-corrected chi connectivity index (χ3v) is 6.31. The molecule has 37 heavy (non-hydrogen) atoms. The van der Waals surface area contributed by atoms with Crippen molar-refractivity contribution in [1.82, 2.24) is 9.78 Å². The minimum Gasteiger partial charge on any atom is -0.457 e. The van der Waals surface area contributed by atoms with Gasteiger partial charge in [-0.2, -0.15) is 9.78 Å². The van der Waals surface area contributed by atoms with Crippen LogP contribution < -0.4 is 10.3 Å². The highest BCUT2D eigenvalue weighted by Crippen LogP contribution is 2.30. The third-order valence-electron chi connectivity index (χ3n) is 5.73. The van der Waals surface area contributed by atoms with Crippen molar-refractivity contribution in [3.8, 4) is 39.4 Å². The first-order chi connectivity index (χ1) is 18.0. The Morgan fingerprint density at radius 3 is 2.08 bits per heavy atom. The molecule has 1 N–H and O–H groups in total. The second kappa shape index (κ2) is 10.7. The first kappa shape index (κ1) is 24.3. The van der Waals surface area contributed by atoms with E-state index in [4.69, 9.17) is 9.29 Å². The fourth-order valence-electron chi connectivity index (χ4n) is 3.95. The summed E-state index contributed by atoms with van der Waals surface area (Å²) in [5, 5.41) is 4.41. The van der Waals surface area contributed by atoms with Crippen LogP contribution in [0.3, 0.4) is 0 Å². The van der Waals surface area contributed by atoms with Crippen LogP contribution in [-0.4, -0.2) is 18.5 Å². The standard InChI is InChI=1S/C29H21FN2O4S/c30-23-12-10-22(11-13-23)28-27(21-8-6-20(7-9-21)19-37(34)35)18-31-32(29(28)33)24-14-16-26(17-15-24)36-25-4-2-1-3-5-25/h1-18H,19H2,(H,34,35). The minimum absolute atomic E-state index is 0.00886. The molecule has 0 fully saturated rings. The number of rotatable bonds is 7. The molecule has 1 atom stereocenters. The first-order valence-electron chi connectivity index (χ1n) is 11.4. The predicted molar refractivity (Wildman–Crippen MR) is 142 cm³/mol. The van der Waals surface area contributed by atoms with Crippen molar-refractivity contribution >= 4 is 11.1 Å². The van der Waals surface area contributed by atoms with E-state index in [9.17, 15) is 13.4 Å². The van der Waals surface area contributed by atoms with Crippen LogP contribution in [0.15, 0.2) is 114 Å². The van der Waals surface area contributed by atoms with Crippen molar-refractivity contribution in [2.75, 3.05) is 0 Å². The summed E-state index contributed by atoms with van der Waals surface area (Å²) in [5.41, 5.74) is 3.03. The summed E-state index contributed by atoms with van der Waals surface area (Å²) in [6, 6.07) is 29.1. The van der Waals surface area contributed by atoms with Crippen LogP contribution in [0.4, 0.5) is 4.39 Å². The summed E-state index contributed by atoms with van der Waals surface area (Å²) in [6.45, 7) is 0. The summed E-state index contributed by atoms with van der Waals surface area (Å²) >= 11 is -1.96. The van der Waals surface area contributed by atoms with Gasteiger partial charge >= 0.3 is 0 Å². The summed E-state index contributed by atoms with van der Waals surface area (Å²) in [4.78, 5) is 13.7. The number of ether oxygens (including phenoxy) is 1. The molecule has 5 aromatic rings. The number of hydrogen-bond acceptors (Lipinski definition) is 4. The minimum atomic E-state index is -1.96. The van der Waals surface area contributed by atoms with E-state index in [1.54, 1.807) is 66.9 Å². The zero-order valence-electron chi connectivity index (χ0n) is 19.5. The van der Waals surface area contributed by atoms with Gasteiger partial charge in [0.1, 0.15) is 17.3 Å². The van der Waals surface area contributed by atoms with Gasteiger partial charge in [-0.15, -0.1) is 0 Å². The van der Waals surface area contributed by atoms with Crippen LogP contribution in [0.2, 0.25) is 0 Å². The number of halogens is 1. The molecule has 0 spiro atoms. The van der Waals surface area contributed by atoms with Crippen molar-refractivity contribution in [2.24, 2.45) is 0 Å². The van der Waals surface area contributed by atoms with Gasteiger partial charge < -0.3 is 9.29 Å². The van der Waals surface area contributed by atoms with E-state index in [1.165, 1.54) is 16.8 Å². The Morgan fingerprint density at radius 2 is 1.43 bits per heavy atom. The lowest BCUT2D eigenvalue weighted by atomic mass is 9.96. The number of aromatic nitrogens is 2. The molecular formula is C29H21FN2O4S. The van der Waals surface area contributed by atoms with Crippen LogP contribution in [0.25, 0.3) is 27.9 Å². The topological polar surface area (TPSA) is 81.4 Å². The second-order valence-corrected chi connectivity index (χ2v) is 9.16. The molecular weight excluding hydrogens is 491 g/mol. The monoisotopic (exact) mass is 512 g/mol. The Balaban J connectivity index is 1.56. The molecule has 4 aromatic carbocycles. The van der Waals surface area contributed by atoms with Gasteiger partial charge in [-0.05, 0) is 65.2 Å². The fraction of sp³-hybridized carbons (Fsp3) is 0.0345. The van der Waals surface area contributed by atoms with Gasteiger partial charge in [0.2, 0.25) is 0 Å². The predicted octanol–water partition coefficient (Wildman–Crippen LogP) is 6.22. The molecule has 5 rings (SSSR count). The van der Waals surface area contributed by atoms with E-state index in [0.717, 1.165) is 0 Å². The highest BCUT2D eigenvalue weighted by atomic mass is 32.2. The van der Waals surface area contributed by atoms with Gasteiger partial charge in [0.15, 0.2) is 11.1 Å². The van der Waals surface area contributed by atoms with Crippen LogP contribution in [0, 0.1) is 5.82 Å². The SMILES string of the molecule is O=c1c(-c2ccc(F)cc2)c(-c2ccc(CS(=O)O)cc2)cnn1-c1ccc(Oc2ccccc2)cc1. The van der Waals surface area contributed by atoms with Crippen LogP contribution in [0.5, 0.6) is 11.5 Å². The van der Waals surface area contributed by atoms with E-state index in [2.05, 4.69) is 5.10 Å². The number of hydrogen-bond donors (Lipinski definition) is 1. The Bertz CT molecular complexity index is 1600. The Kier molecular flexibility index (Phi) is 7.02. The largest absolute Gasteiger partial charge is 0.457 e. The molecule has 1 heterocycles. The number of para-hydroxylation sites is 1. The van der Waals surface area contributed by atoms with Gasteiger partial charge in [0.25, 0.3) is 5.56 Å². The Morgan fingerprint density at radius 1 is 0.811 bits per heavy atom. The molecule has 6 nitrogen and oxygen atoms in total.